The van der Waals surface area contributed by atoms with Gasteiger partial charge in [0, 0.05) is 79.1 Å². The summed E-state index contributed by atoms with van der Waals surface area (Å²) in [6, 6.07) is 17.8. The van der Waals surface area contributed by atoms with Crippen LogP contribution in [0.5, 0.6) is 11.5 Å². The Morgan fingerprint density at radius 1 is 0.946 bits per heavy atom. The van der Waals surface area contributed by atoms with Gasteiger partial charge in [-0.2, -0.15) is 5.26 Å². The van der Waals surface area contributed by atoms with E-state index in [1.807, 2.05) is 24.3 Å². The van der Waals surface area contributed by atoms with Gasteiger partial charge >= 0.3 is 11.9 Å². The maximum Gasteiger partial charge on any atom is 0.335 e. The summed E-state index contributed by atoms with van der Waals surface area (Å²) >= 11 is 13.8. The number of aromatic nitrogens is 1. The fourth-order valence-electron chi connectivity index (χ4n) is 7.10. The van der Waals surface area contributed by atoms with E-state index in [1.165, 1.54) is 11.8 Å². The summed E-state index contributed by atoms with van der Waals surface area (Å²) < 4.78 is 12.3. The van der Waals surface area contributed by atoms with E-state index in [0.29, 0.717) is 46.3 Å². The van der Waals surface area contributed by atoms with E-state index in [2.05, 4.69) is 38.3 Å². The molecule has 4 aromatic rings. The molecule has 2 aliphatic rings. The van der Waals surface area contributed by atoms with Crippen LogP contribution in [-0.2, 0) is 35.8 Å². The molecule has 13 nitrogen and oxygen atoms in total. The zero-order valence-corrected chi connectivity index (χ0v) is 32.1. The second-order valence-electron chi connectivity index (χ2n) is 14.0. The monoisotopic (exact) mass is 803 g/mol. The van der Waals surface area contributed by atoms with E-state index in [9.17, 15) is 35.3 Å². The first-order valence-electron chi connectivity index (χ1n) is 18.3. The quantitative estimate of drug-likeness (QED) is 0.0928. The van der Waals surface area contributed by atoms with E-state index < -0.39 is 30.2 Å². The van der Waals surface area contributed by atoms with E-state index in [0.717, 1.165) is 54.9 Å². The molecule has 1 fully saturated rings. The van der Waals surface area contributed by atoms with Crippen molar-refractivity contribution in [3.05, 3.63) is 105 Å². The average molecular weight is 805 g/mol. The number of hydrogen-bond acceptors (Lipinski definition) is 11. The Labute approximate surface area is 334 Å². The van der Waals surface area contributed by atoms with Gasteiger partial charge in [-0.1, -0.05) is 53.5 Å². The van der Waals surface area contributed by atoms with Crippen LogP contribution in [0.1, 0.15) is 47.1 Å². The molecule has 2 aliphatic heterocycles. The smallest absolute Gasteiger partial charge is 0.335 e. The van der Waals surface area contributed by atoms with Crippen LogP contribution in [0.15, 0.2) is 67.0 Å². The molecule has 0 unspecified atom stereocenters. The Balaban J connectivity index is 1.14. The molecule has 3 heterocycles. The Morgan fingerprint density at radius 2 is 1.70 bits per heavy atom. The van der Waals surface area contributed by atoms with Crippen LogP contribution < -0.4 is 19.7 Å². The summed E-state index contributed by atoms with van der Waals surface area (Å²) in [5.74, 6) is -1.69. The number of aliphatic hydroxyl groups is 2. The third-order valence-electron chi connectivity index (χ3n) is 10.3. The van der Waals surface area contributed by atoms with Gasteiger partial charge in [-0.15, -0.1) is 0 Å². The maximum absolute atomic E-state index is 11.5. The normalized spacial score (nSPS) is 15.5. The highest BCUT2D eigenvalue weighted by Crippen LogP contribution is 2.41. The zero-order chi connectivity index (χ0) is 39.8. The number of aliphatic carboxylic acids is 2. The lowest BCUT2D eigenvalue weighted by atomic mass is 9.91. The predicted octanol–water partition coefficient (Wildman–Crippen LogP) is 5.28. The van der Waals surface area contributed by atoms with Crippen molar-refractivity contribution in [2.24, 2.45) is 0 Å². The minimum atomic E-state index is -1.62. The van der Waals surface area contributed by atoms with E-state index in [4.69, 9.17) is 32.7 Å². The first kappa shape index (κ1) is 40.7. The molecule has 1 atom stereocenters. The molecule has 0 amide bonds. The lowest BCUT2D eigenvalue weighted by molar-refractivity contribution is -0.163. The SMILES string of the molecule is N#Cc1cncc(COc2cc(OCc3cccc(-c4cccc5c4CCN5CCCN4CCC(O)(C(=O)O)CC4)c3Cl)c(Cl)cc2CN[C@@H](CO)C(=O)O)c1. The molecule has 56 heavy (non-hydrogen) atoms. The van der Waals surface area contributed by atoms with Gasteiger partial charge < -0.3 is 39.7 Å². The van der Waals surface area contributed by atoms with Crippen LogP contribution in [-0.4, -0.2) is 93.2 Å². The fraction of sp³-hybridized carbons (Fsp3) is 0.366. The number of likely N-dealkylation sites (tertiary alicyclic amines) is 1. The first-order valence-corrected chi connectivity index (χ1v) is 19.1. The van der Waals surface area contributed by atoms with E-state index in [-0.39, 0.29) is 37.6 Å². The number of anilines is 1. The minimum absolute atomic E-state index is 0.0221. The fourth-order valence-corrected chi connectivity index (χ4v) is 7.62. The molecular weight excluding hydrogens is 761 g/mol. The van der Waals surface area contributed by atoms with E-state index in [1.54, 1.807) is 24.4 Å². The number of rotatable bonds is 17. The zero-order valence-electron chi connectivity index (χ0n) is 30.6. The van der Waals surface area contributed by atoms with Crippen LogP contribution >= 0.6 is 23.2 Å². The molecule has 1 aromatic heterocycles. The van der Waals surface area contributed by atoms with Crippen LogP contribution in [0.3, 0.4) is 0 Å². The molecule has 0 bridgehead atoms. The predicted molar refractivity (Wildman–Crippen MR) is 210 cm³/mol. The Bertz CT molecular complexity index is 2100. The van der Waals surface area contributed by atoms with Crippen LogP contribution in [0, 0.1) is 11.3 Å². The number of ether oxygens (including phenoxy) is 2. The van der Waals surface area contributed by atoms with Crippen molar-refractivity contribution in [1.29, 1.82) is 5.26 Å². The summed E-state index contributed by atoms with van der Waals surface area (Å²) in [5.41, 5.74) is 4.98. The summed E-state index contributed by atoms with van der Waals surface area (Å²) in [6.07, 6.45) is 5.26. The van der Waals surface area contributed by atoms with Crippen molar-refractivity contribution >= 4 is 40.8 Å². The molecule has 5 N–H and O–H groups in total. The highest BCUT2D eigenvalue weighted by atomic mass is 35.5. The third-order valence-corrected chi connectivity index (χ3v) is 11.1. The van der Waals surface area contributed by atoms with Gasteiger partial charge in [0.05, 0.1) is 22.2 Å². The first-order chi connectivity index (χ1) is 27.0. The lowest BCUT2D eigenvalue weighted by Gasteiger charge is -2.35. The summed E-state index contributed by atoms with van der Waals surface area (Å²) in [6.45, 7) is 3.23. The number of aliphatic hydroxyl groups excluding tert-OH is 1. The van der Waals surface area contributed by atoms with Crippen molar-refractivity contribution < 1.29 is 39.5 Å². The molecule has 0 aliphatic carbocycles. The van der Waals surface area contributed by atoms with Gasteiger partial charge in [-0.25, -0.2) is 4.79 Å². The van der Waals surface area contributed by atoms with Gasteiger partial charge in [0.15, 0.2) is 5.60 Å². The second-order valence-corrected chi connectivity index (χ2v) is 14.8. The number of nitrogens with one attached hydrogen (secondary N) is 1. The van der Waals surface area contributed by atoms with E-state index >= 15 is 0 Å². The number of nitrogens with zero attached hydrogens (tertiary/aromatic N) is 4. The molecule has 0 saturated carbocycles. The number of pyridine rings is 1. The highest BCUT2D eigenvalue weighted by molar-refractivity contribution is 6.34. The van der Waals surface area contributed by atoms with Crippen LogP contribution in [0.2, 0.25) is 10.0 Å². The third kappa shape index (κ3) is 9.53. The number of fused-ring (bicyclic) bond motifs is 1. The van der Waals surface area contributed by atoms with Crippen LogP contribution in [0.4, 0.5) is 5.69 Å². The molecule has 0 spiro atoms. The summed E-state index contributed by atoms with van der Waals surface area (Å²) in [7, 11) is 0. The topological polar surface area (TPSA) is 189 Å². The number of halogens is 2. The highest BCUT2D eigenvalue weighted by Gasteiger charge is 2.39. The van der Waals surface area contributed by atoms with Crippen molar-refractivity contribution in [3.63, 3.8) is 0 Å². The van der Waals surface area contributed by atoms with Crippen molar-refractivity contribution in [3.8, 4) is 28.7 Å². The molecule has 6 rings (SSSR count). The number of benzene rings is 3. The lowest BCUT2D eigenvalue weighted by Crippen LogP contribution is -2.49. The molecule has 294 valence electrons. The summed E-state index contributed by atoms with van der Waals surface area (Å²) in [5, 5.41) is 51.4. The number of carboxylic acid groups (broad SMARTS) is 2. The minimum Gasteiger partial charge on any atom is -0.488 e. The molecule has 3 aromatic carbocycles. The number of hydrogen-bond donors (Lipinski definition) is 5. The van der Waals surface area contributed by atoms with Gasteiger partial charge in [0.2, 0.25) is 0 Å². The second kappa shape index (κ2) is 18.3. The molecular formula is C41H43Cl2N5O8. The number of carbonyl (C=O) groups is 2. The van der Waals surface area contributed by atoms with Gasteiger partial charge in [0.25, 0.3) is 0 Å². The molecule has 15 heteroatoms. The van der Waals surface area contributed by atoms with Crippen molar-refractivity contribution in [2.75, 3.05) is 44.2 Å². The number of nitriles is 1. The Morgan fingerprint density at radius 3 is 2.43 bits per heavy atom. The van der Waals surface area contributed by atoms with Crippen LogP contribution in [0.25, 0.3) is 11.1 Å². The standard InChI is InChI=1S/C41H43Cl2N5O8/c42-33-17-29(22-46-34(23-49)39(50)51)36(55-24-27-16-26(19-44)20-45-21-27)18-37(33)56-25-28-4-1-6-32(38(28)43)30-5-2-7-35-31(30)8-13-48(35)12-3-11-47-14-9-41(54,10-15-47)40(52)53/h1-2,4-7,16-18,20-21,34,46,49,54H,3,8-15,22-25H2,(H,50,51)(H,52,53)/t34-/m0/s1. The Kier molecular flexibility index (Phi) is 13.3. The number of carboxylic acids is 2. The molecule has 1 saturated heterocycles. The Hall–Kier alpha value is -4.94. The van der Waals surface area contributed by atoms with Gasteiger partial charge in [0.1, 0.15) is 36.8 Å². The van der Waals surface area contributed by atoms with Gasteiger partial charge in [-0.05, 0) is 61.6 Å². The average Bonchev–Trinajstić information content (AvgIpc) is 3.61. The van der Waals surface area contributed by atoms with Crippen molar-refractivity contribution in [1.82, 2.24) is 15.2 Å². The summed E-state index contributed by atoms with van der Waals surface area (Å²) in [4.78, 5) is 31.6. The molecule has 0 radical (unpaired) electrons. The maximum atomic E-state index is 11.5. The van der Waals surface area contributed by atoms with Crippen molar-refractivity contribution in [2.45, 2.75) is 57.1 Å². The van der Waals surface area contributed by atoms with Gasteiger partial charge in [-0.3, -0.25) is 15.1 Å². The number of piperidine rings is 1. The largest absolute Gasteiger partial charge is 0.488 e.